The van der Waals surface area contributed by atoms with Gasteiger partial charge in [-0.3, -0.25) is 0 Å². The molecule has 26 heavy (non-hydrogen) atoms. The lowest BCUT2D eigenvalue weighted by Gasteiger charge is -2.23. The molecule has 2 aromatic rings. The van der Waals surface area contributed by atoms with Crippen molar-refractivity contribution in [3.8, 4) is 5.69 Å². The highest BCUT2D eigenvalue weighted by Gasteiger charge is 2.23. The van der Waals surface area contributed by atoms with E-state index in [1.807, 2.05) is 0 Å². The zero-order valence-corrected chi connectivity index (χ0v) is 15.2. The van der Waals surface area contributed by atoms with Crippen LogP contribution in [0.2, 0.25) is 5.02 Å². The SMILES string of the molecule is CC(C)(C)OC(=O)N[C@H](CO)c1ccc(Cl)c(-n2ncnc2C(F)F)c1. The van der Waals surface area contributed by atoms with E-state index in [4.69, 9.17) is 16.3 Å². The van der Waals surface area contributed by atoms with Crippen molar-refractivity contribution in [1.29, 1.82) is 0 Å². The molecule has 10 heteroatoms. The van der Waals surface area contributed by atoms with E-state index in [0.717, 1.165) is 11.0 Å². The van der Waals surface area contributed by atoms with Crippen LogP contribution >= 0.6 is 11.6 Å². The normalized spacial score (nSPS) is 12.9. The van der Waals surface area contributed by atoms with Crippen molar-refractivity contribution in [2.45, 2.75) is 38.8 Å². The third-order valence-electron chi connectivity index (χ3n) is 3.24. The molecule has 142 valence electrons. The Hall–Kier alpha value is -2.26. The van der Waals surface area contributed by atoms with E-state index in [1.54, 1.807) is 26.8 Å². The zero-order valence-electron chi connectivity index (χ0n) is 14.4. The number of hydrogen-bond donors (Lipinski definition) is 2. The van der Waals surface area contributed by atoms with Crippen LogP contribution in [-0.4, -0.2) is 38.2 Å². The number of ether oxygens (including phenoxy) is 1. The first-order chi connectivity index (χ1) is 12.1. The van der Waals surface area contributed by atoms with Gasteiger partial charge >= 0.3 is 6.09 Å². The average molecular weight is 389 g/mol. The summed E-state index contributed by atoms with van der Waals surface area (Å²) >= 11 is 6.10. The van der Waals surface area contributed by atoms with E-state index in [1.165, 1.54) is 12.1 Å². The van der Waals surface area contributed by atoms with Gasteiger partial charge in [-0.1, -0.05) is 17.7 Å². The second-order valence-corrected chi connectivity index (χ2v) is 6.83. The van der Waals surface area contributed by atoms with E-state index >= 15 is 0 Å². The number of alkyl carbamates (subject to hydrolysis) is 1. The summed E-state index contributed by atoms with van der Waals surface area (Å²) < 4.78 is 32.2. The van der Waals surface area contributed by atoms with Gasteiger partial charge in [-0.25, -0.2) is 23.2 Å². The van der Waals surface area contributed by atoms with Crippen LogP contribution in [0, 0.1) is 0 Å². The fourth-order valence-electron chi connectivity index (χ4n) is 2.18. The maximum Gasteiger partial charge on any atom is 0.408 e. The molecule has 1 aromatic carbocycles. The molecular weight excluding hydrogens is 370 g/mol. The van der Waals surface area contributed by atoms with Crippen LogP contribution in [0.3, 0.4) is 0 Å². The molecule has 1 aromatic heterocycles. The van der Waals surface area contributed by atoms with Crippen LogP contribution in [0.15, 0.2) is 24.5 Å². The first-order valence-electron chi connectivity index (χ1n) is 7.70. The molecule has 1 heterocycles. The third-order valence-corrected chi connectivity index (χ3v) is 3.56. The summed E-state index contributed by atoms with van der Waals surface area (Å²) in [7, 11) is 0. The van der Waals surface area contributed by atoms with Crippen molar-refractivity contribution < 1.29 is 23.4 Å². The number of aliphatic hydroxyl groups is 1. The van der Waals surface area contributed by atoms with Crippen molar-refractivity contribution in [1.82, 2.24) is 20.1 Å². The highest BCUT2D eigenvalue weighted by molar-refractivity contribution is 6.32. The Labute approximate surface area is 153 Å². The Morgan fingerprint density at radius 3 is 2.69 bits per heavy atom. The predicted octanol–water partition coefficient (Wildman–Crippen LogP) is 3.42. The van der Waals surface area contributed by atoms with Crippen LogP contribution in [0.5, 0.6) is 0 Å². The molecule has 0 radical (unpaired) electrons. The minimum absolute atomic E-state index is 0.154. The lowest BCUT2D eigenvalue weighted by Crippen LogP contribution is -2.36. The maximum absolute atomic E-state index is 13.1. The fourth-order valence-corrected chi connectivity index (χ4v) is 2.38. The topological polar surface area (TPSA) is 89.3 Å². The smallest absolute Gasteiger partial charge is 0.408 e. The molecular formula is C16H19ClF2N4O3. The molecule has 0 spiro atoms. The zero-order chi connectivity index (χ0) is 19.5. The van der Waals surface area contributed by atoms with Crippen LogP contribution < -0.4 is 5.32 Å². The summed E-state index contributed by atoms with van der Waals surface area (Å²) in [5.41, 5.74) is -0.114. The van der Waals surface area contributed by atoms with Gasteiger partial charge in [0.15, 0.2) is 5.82 Å². The van der Waals surface area contributed by atoms with Crippen LogP contribution in [0.4, 0.5) is 13.6 Å². The molecule has 0 saturated heterocycles. The monoisotopic (exact) mass is 388 g/mol. The number of nitrogens with zero attached hydrogens (tertiary/aromatic N) is 3. The van der Waals surface area contributed by atoms with Gasteiger partial charge in [0.05, 0.1) is 23.4 Å². The molecule has 0 aliphatic carbocycles. The molecule has 1 amide bonds. The number of aliphatic hydroxyl groups excluding tert-OH is 1. The summed E-state index contributed by atoms with van der Waals surface area (Å²) in [5.74, 6) is -0.565. The molecule has 0 aliphatic rings. The van der Waals surface area contributed by atoms with Crippen molar-refractivity contribution in [3.05, 3.63) is 40.9 Å². The summed E-state index contributed by atoms with van der Waals surface area (Å²) in [6.07, 6.45) is -2.57. The molecule has 0 saturated carbocycles. The molecule has 2 N–H and O–H groups in total. The summed E-state index contributed by atoms with van der Waals surface area (Å²) in [5, 5.41) is 16.1. The molecule has 0 bridgehead atoms. The summed E-state index contributed by atoms with van der Waals surface area (Å²) in [6, 6.07) is 3.65. The molecule has 7 nitrogen and oxygen atoms in total. The number of rotatable bonds is 5. The Balaban J connectivity index is 2.32. The average Bonchev–Trinajstić information content (AvgIpc) is 3.01. The number of amides is 1. The highest BCUT2D eigenvalue weighted by Crippen LogP contribution is 2.28. The predicted molar refractivity (Wildman–Crippen MR) is 90.5 cm³/mol. The summed E-state index contributed by atoms with van der Waals surface area (Å²) in [4.78, 5) is 15.4. The molecule has 0 fully saturated rings. The molecule has 0 unspecified atom stereocenters. The van der Waals surface area contributed by atoms with Crippen LogP contribution in [-0.2, 0) is 4.74 Å². The van der Waals surface area contributed by atoms with Gasteiger partial charge in [-0.2, -0.15) is 5.10 Å². The summed E-state index contributed by atoms with van der Waals surface area (Å²) in [6.45, 7) is 4.69. The largest absolute Gasteiger partial charge is 0.444 e. The standard InChI is InChI=1S/C16H19ClF2N4O3/c1-16(2,3)26-15(25)22-11(7-24)9-4-5-10(17)12(6-9)23-14(13(18)19)20-8-21-23/h4-6,8,11,13,24H,7H2,1-3H3,(H,22,25)/t11-/m1/s1. The molecule has 0 aliphatic heterocycles. The minimum atomic E-state index is -2.84. The van der Waals surface area contributed by atoms with E-state index in [2.05, 4.69) is 15.4 Å². The van der Waals surface area contributed by atoms with Gasteiger partial charge in [0.25, 0.3) is 6.43 Å². The molecule has 1 atom stereocenters. The second kappa shape index (κ2) is 7.96. The third kappa shape index (κ3) is 4.89. The Bertz CT molecular complexity index is 777. The fraction of sp³-hybridized carbons (Fsp3) is 0.438. The number of hydrogen-bond acceptors (Lipinski definition) is 5. The number of benzene rings is 1. The van der Waals surface area contributed by atoms with Gasteiger partial charge in [0, 0.05) is 0 Å². The van der Waals surface area contributed by atoms with E-state index in [0.29, 0.717) is 5.56 Å². The minimum Gasteiger partial charge on any atom is -0.444 e. The van der Waals surface area contributed by atoms with Gasteiger partial charge in [0.1, 0.15) is 11.9 Å². The number of carbonyl (C=O) groups excluding carboxylic acids is 1. The highest BCUT2D eigenvalue weighted by atomic mass is 35.5. The Morgan fingerprint density at radius 2 is 2.12 bits per heavy atom. The van der Waals surface area contributed by atoms with Crippen LogP contribution in [0.1, 0.15) is 44.6 Å². The Morgan fingerprint density at radius 1 is 1.42 bits per heavy atom. The van der Waals surface area contributed by atoms with Gasteiger partial charge in [-0.15, -0.1) is 0 Å². The number of aromatic nitrogens is 3. The lowest BCUT2D eigenvalue weighted by molar-refractivity contribution is 0.0482. The van der Waals surface area contributed by atoms with Crippen molar-refractivity contribution in [2.24, 2.45) is 0 Å². The quantitative estimate of drug-likeness (QED) is 0.819. The van der Waals surface area contributed by atoms with Gasteiger partial charge in [-0.05, 0) is 38.5 Å². The number of carbonyl (C=O) groups is 1. The van der Waals surface area contributed by atoms with E-state index in [-0.39, 0.29) is 10.7 Å². The van der Waals surface area contributed by atoms with Gasteiger partial charge in [0.2, 0.25) is 0 Å². The Kier molecular flexibility index (Phi) is 6.14. The van der Waals surface area contributed by atoms with Crippen molar-refractivity contribution in [2.75, 3.05) is 6.61 Å². The number of nitrogens with one attached hydrogen (secondary N) is 1. The maximum atomic E-state index is 13.1. The van der Waals surface area contributed by atoms with E-state index in [9.17, 15) is 18.7 Å². The first kappa shape index (κ1) is 20.1. The van der Waals surface area contributed by atoms with Crippen LogP contribution in [0.25, 0.3) is 5.69 Å². The van der Waals surface area contributed by atoms with Crippen molar-refractivity contribution >= 4 is 17.7 Å². The lowest BCUT2D eigenvalue weighted by atomic mass is 10.1. The number of alkyl halides is 2. The van der Waals surface area contributed by atoms with E-state index < -0.39 is 36.6 Å². The second-order valence-electron chi connectivity index (χ2n) is 6.42. The number of halogens is 3. The van der Waals surface area contributed by atoms with Crippen molar-refractivity contribution in [3.63, 3.8) is 0 Å². The molecule has 2 rings (SSSR count). The first-order valence-corrected chi connectivity index (χ1v) is 8.08. The van der Waals surface area contributed by atoms with Gasteiger partial charge < -0.3 is 15.2 Å².